The van der Waals surface area contributed by atoms with Crippen LogP contribution in [0.25, 0.3) is 11.3 Å². The molecule has 0 atom stereocenters. The molecule has 0 unspecified atom stereocenters. The van der Waals surface area contributed by atoms with Crippen molar-refractivity contribution in [2.75, 3.05) is 31.6 Å². The number of halogens is 1. The molecule has 0 fully saturated rings. The van der Waals surface area contributed by atoms with Crippen LogP contribution in [-0.2, 0) is 0 Å². The van der Waals surface area contributed by atoms with Crippen LogP contribution in [0.4, 0.5) is 11.6 Å². The van der Waals surface area contributed by atoms with Crippen LogP contribution in [0.5, 0.6) is 5.75 Å². The zero-order valence-electron chi connectivity index (χ0n) is 17.2. The minimum atomic E-state index is 0.560. The predicted molar refractivity (Wildman–Crippen MR) is 120 cm³/mol. The van der Waals surface area contributed by atoms with Crippen LogP contribution in [-0.4, -0.2) is 41.1 Å². The van der Waals surface area contributed by atoms with Gasteiger partial charge in [0.1, 0.15) is 12.4 Å². The average Bonchev–Trinajstić information content (AvgIpc) is 2.72. The minimum absolute atomic E-state index is 0.560. The molecule has 3 aromatic rings. The van der Waals surface area contributed by atoms with Crippen molar-refractivity contribution in [2.45, 2.75) is 20.8 Å². The zero-order chi connectivity index (χ0) is 20.6. The Bertz CT molecular complexity index is 909. The number of rotatable bonds is 9. The summed E-state index contributed by atoms with van der Waals surface area (Å²) < 4.78 is 5.84. The Morgan fingerprint density at radius 2 is 1.66 bits per heavy atom. The smallest absolute Gasteiger partial charge is 0.227 e. The first kappa shape index (κ1) is 21.1. The standard InChI is InChI=1S/C23H27ClN4O/c1-4-28(5-2)14-15-29-21-12-10-20(11-13-21)26-23-25-17(3)16-22(27-23)18-6-8-19(24)9-7-18/h6-13,16H,4-5,14-15H2,1-3H3,(H,25,26,27). The number of nitrogens with zero attached hydrogens (tertiary/aromatic N) is 3. The molecule has 0 spiro atoms. The van der Waals surface area contributed by atoms with Gasteiger partial charge in [0.25, 0.3) is 0 Å². The molecule has 152 valence electrons. The quantitative estimate of drug-likeness (QED) is 0.499. The lowest BCUT2D eigenvalue weighted by Crippen LogP contribution is -2.27. The second-order valence-electron chi connectivity index (χ2n) is 6.75. The first-order chi connectivity index (χ1) is 14.1. The van der Waals surface area contributed by atoms with Crippen molar-refractivity contribution in [2.24, 2.45) is 0 Å². The SMILES string of the molecule is CCN(CC)CCOc1ccc(Nc2nc(C)cc(-c3ccc(Cl)cc3)n2)cc1. The molecule has 0 radical (unpaired) electrons. The Morgan fingerprint density at radius 3 is 2.31 bits per heavy atom. The maximum absolute atomic E-state index is 5.99. The number of likely N-dealkylation sites (N-methyl/N-ethyl adjacent to an activating group) is 1. The molecule has 29 heavy (non-hydrogen) atoms. The summed E-state index contributed by atoms with van der Waals surface area (Å²) in [6.07, 6.45) is 0. The molecule has 1 aromatic heterocycles. The maximum Gasteiger partial charge on any atom is 0.227 e. The second kappa shape index (κ2) is 10.2. The highest BCUT2D eigenvalue weighted by molar-refractivity contribution is 6.30. The summed E-state index contributed by atoms with van der Waals surface area (Å²) in [6, 6.07) is 17.5. The molecule has 1 heterocycles. The first-order valence-corrected chi connectivity index (χ1v) is 10.3. The summed E-state index contributed by atoms with van der Waals surface area (Å²) in [6.45, 7) is 9.97. The summed E-state index contributed by atoms with van der Waals surface area (Å²) in [5.41, 5.74) is 3.66. The molecule has 6 heteroatoms. The third kappa shape index (κ3) is 6.17. The molecule has 0 saturated carbocycles. The van der Waals surface area contributed by atoms with Crippen LogP contribution in [0.3, 0.4) is 0 Å². The van der Waals surface area contributed by atoms with E-state index in [0.717, 1.165) is 48.0 Å². The fourth-order valence-corrected chi connectivity index (χ4v) is 3.11. The Morgan fingerprint density at radius 1 is 0.966 bits per heavy atom. The molecule has 2 aromatic carbocycles. The Hall–Kier alpha value is -2.63. The summed E-state index contributed by atoms with van der Waals surface area (Å²) in [5.74, 6) is 1.42. The van der Waals surface area contributed by atoms with E-state index in [4.69, 9.17) is 16.3 Å². The van der Waals surface area contributed by atoms with Crippen LogP contribution in [0.1, 0.15) is 19.5 Å². The number of aryl methyl sites for hydroxylation is 1. The van der Waals surface area contributed by atoms with E-state index in [-0.39, 0.29) is 0 Å². The van der Waals surface area contributed by atoms with Crippen molar-refractivity contribution in [3.8, 4) is 17.0 Å². The number of benzene rings is 2. The van der Waals surface area contributed by atoms with E-state index in [0.29, 0.717) is 17.6 Å². The summed E-state index contributed by atoms with van der Waals surface area (Å²) in [5, 5.41) is 3.98. The van der Waals surface area contributed by atoms with E-state index in [9.17, 15) is 0 Å². The van der Waals surface area contributed by atoms with Crippen molar-refractivity contribution in [3.63, 3.8) is 0 Å². The lowest BCUT2D eigenvalue weighted by Gasteiger charge is -2.18. The van der Waals surface area contributed by atoms with E-state index in [1.54, 1.807) is 0 Å². The molecule has 5 nitrogen and oxygen atoms in total. The van der Waals surface area contributed by atoms with Gasteiger partial charge < -0.3 is 15.0 Å². The van der Waals surface area contributed by atoms with Crippen LogP contribution < -0.4 is 10.1 Å². The predicted octanol–water partition coefficient (Wildman–Crippen LogP) is 5.57. The second-order valence-corrected chi connectivity index (χ2v) is 7.19. The lowest BCUT2D eigenvalue weighted by atomic mass is 10.1. The van der Waals surface area contributed by atoms with Crippen LogP contribution in [0, 0.1) is 6.92 Å². The highest BCUT2D eigenvalue weighted by atomic mass is 35.5. The van der Waals surface area contributed by atoms with Gasteiger partial charge in [-0.15, -0.1) is 0 Å². The number of hydrogen-bond donors (Lipinski definition) is 1. The van der Waals surface area contributed by atoms with Crippen molar-refractivity contribution in [1.82, 2.24) is 14.9 Å². The maximum atomic E-state index is 5.99. The van der Waals surface area contributed by atoms with Crippen molar-refractivity contribution in [1.29, 1.82) is 0 Å². The fraction of sp³-hybridized carbons (Fsp3) is 0.304. The highest BCUT2D eigenvalue weighted by Crippen LogP contribution is 2.23. The van der Waals surface area contributed by atoms with Crippen molar-refractivity contribution < 1.29 is 4.74 Å². The summed E-state index contributed by atoms with van der Waals surface area (Å²) in [4.78, 5) is 11.5. The third-order valence-corrected chi connectivity index (χ3v) is 4.93. The molecule has 0 bridgehead atoms. The Balaban J connectivity index is 1.64. The van der Waals surface area contributed by atoms with Gasteiger partial charge >= 0.3 is 0 Å². The number of anilines is 2. The van der Waals surface area contributed by atoms with E-state index >= 15 is 0 Å². The van der Waals surface area contributed by atoms with Crippen molar-refractivity contribution >= 4 is 23.2 Å². The van der Waals surface area contributed by atoms with Gasteiger partial charge in [-0.05, 0) is 62.5 Å². The van der Waals surface area contributed by atoms with E-state index in [2.05, 4.69) is 34.0 Å². The fourth-order valence-electron chi connectivity index (χ4n) is 2.99. The van der Waals surface area contributed by atoms with Gasteiger partial charge in [0.15, 0.2) is 0 Å². The van der Waals surface area contributed by atoms with E-state index in [1.165, 1.54) is 0 Å². The lowest BCUT2D eigenvalue weighted by molar-refractivity contribution is 0.223. The van der Waals surface area contributed by atoms with E-state index < -0.39 is 0 Å². The van der Waals surface area contributed by atoms with Gasteiger partial charge in [-0.25, -0.2) is 9.97 Å². The van der Waals surface area contributed by atoms with Crippen molar-refractivity contribution in [3.05, 3.63) is 65.3 Å². The zero-order valence-corrected chi connectivity index (χ0v) is 17.9. The van der Waals surface area contributed by atoms with Gasteiger partial charge in [-0.1, -0.05) is 37.6 Å². The number of ether oxygens (including phenoxy) is 1. The van der Waals surface area contributed by atoms with Crippen LogP contribution >= 0.6 is 11.6 Å². The van der Waals surface area contributed by atoms with Crippen LogP contribution in [0.15, 0.2) is 54.6 Å². The Kier molecular flexibility index (Phi) is 7.44. The molecule has 3 rings (SSSR count). The third-order valence-electron chi connectivity index (χ3n) is 4.68. The highest BCUT2D eigenvalue weighted by Gasteiger charge is 2.06. The molecule has 0 aliphatic carbocycles. The van der Waals surface area contributed by atoms with Gasteiger partial charge in [0, 0.05) is 28.5 Å². The number of aromatic nitrogens is 2. The Labute approximate surface area is 177 Å². The van der Waals surface area contributed by atoms with Gasteiger partial charge in [-0.2, -0.15) is 0 Å². The van der Waals surface area contributed by atoms with E-state index in [1.807, 2.05) is 61.5 Å². The van der Waals surface area contributed by atoms with Gasteiger partial charge in [0.05, 0.1) is 5.69 Å². The molecule has 1 N–H and O–H groups in total. The molecular formula is C23H27ClN4O. The number of hydrogen-bond acceptors (Lipinski definition) is 5. The van der Waals surface area contributed by atoms with Gasteiger partial charge in [-0.3, -0.25) is 0 Å². The molecule has 0 saturated heterocycles. The first-order valence-electron chi connectivity index (χ1n) is 9.91. The normalized spacial score (nSPS) is 10.9. The monoisotopic (exact) mass is 410 g/mol. The van der Waals surface area contributed by atoms with Gasteiger partial charge in [0.2, 0.25) is 5.95 Å². The summed E-state index contributed by atoms with van der Waals surface area (Å²) in [7, 11) is 0. The van der Waals surface area contributed by atoms with Crippen LogP contribution in [0.2, 0.25) is 5.02 Å². The topological polar surface area (TPSA) is 50.3 Å². The molecule has 0 amide bonds. The molecular weight excluding hydrogens is 384 g/mol. The average molecular weight is 411 g/mol. The molecule has 0 aliphatic rings. The summed E-state index contributed by atoms with van der Waals surface area (Å²) >= 11 is 5.99. The molecule has 0 aliphatic heterocycles. The number of nitrogens with one attached hydrogen (secondary N) is 1. The minimum Gasteiger partial charge on any atom is -0.492 e. The largest absolute Gasteiger partial charge is 0.492 e.